The molecule has 1 aromatic carbocycles. The van der Waals surface area contributed by atoms with Crippen LogP contribution < -0.4 is 14.8 Å². The molecule has 2 aromatic rings. The lowest BCUT2D eigenvalue weighted by atomic mass is 10.1. The van der Waals surface area contributed by atoms with Crippen molar-refractivity contribution < 1.29 is 23.8 Å². The Hall–Kier alpha value is -2.54. The van der Waals surface area contributed by atoms with Crippen molar-refractivity contribution >= 4 is 23.2 Å². The average Bonchev–Trinajstić information content (AvgIpc) is 3.01. The molecule has 0 radical (unpaired) electrons. The van der Waals surface area contributed by atoms with Crippen molar-refractivity contribution in [3.05, 3.63) is 45.1 Å². The van der Waals surface area contributed by atoms with Gasteiger partial charge in [0.15, 0.2) is 6.61 Å². The highest BCUT2D eigenvalue weighted by atomic mass is 32.1. The van der Waals surface area contributed by atoms with Gasteiger partial charge in [0, 0.05) is 10.4 Å². The lowest BCUT2D eigenvalue weighted by molar-refractivity contribution is -0.124. The van der Waals surface area contributed by atoms with Crippen LogP contribution in [0.3, 0.4) is 0 Å². The van der Waals surface area contributed by atoms with Crippen molar-refractivity contribution in [1.82, 2.24) is 5.32 Å². The van der Waals surface area contributed by atoms with Gasteiger partial charge in [-0.1, -0.05) is 6.42 Å². The van der Waals surface area contributed by atoms with Crippen LogP contribution in [0.25, 0.3) is 0 Å². The molecule has 156 valence electrons. The fourth-order valence-electron chi connectivity index (χ4n) is 3.51. The maximum absolute atomic E-state index is 12.4. The van der Waals surface area contributed by atoms with Crippen LogP contribution in [0.1, 0.15) is 57.9 Å². The van der Waals surface area contributed by atoms with Crippen molar-refractivity contribution in [2.45, 2.75) is 45.1 Å². The van der Waals surface area contributed by atoms with E-state index in [1.165, 1.54) is 28.2 Å². The molecule has 1 aromatic heterocycles. The Kier molecular flexibility index (Phi) is 7.14. The van der Waals surface area contributed by atoms with E-state index in [-0.39, 0.29) is 18.6 Å². The molecule has 29 heavy (non-hydrogen) atoms. The molecule has 0 saturated heterocycles. The molecule has 1 aliphatic carbocycles. The molecule has 0 fully saturated rings. The van der Waals surface area contributed by atoms with E-state index in [9.17, 15) is 9.59 Å². The fraction of sp³-hybridized carbons (Fsp3) is 0.455. The minimum atomic E-state index is -0.440. The van der Waals surface area contributed by atoms with E-state index in [0.29, 0.717) is 16.4 Å². The van der Waals surface area contributed by atoms with Gasteiger partial charge in [-0.2, -0.15) is 0 Å². The quantitative estimate of drug-likeness (QED) is 0.543. The largest absolute Gasteiger partial charge is 0.497 e. The van der Waals surface area contributed by atoms with Gasteiger partial charge in [0.2, 0.25) is 0 Å². The van der Waals surface area contributed by atoms with Crippen LogP contribution in [0, 0.1) is 0 Å². The number of ether oxygens (including phenoxy) is 3. The molecule has 0 spiro atoms. The topological polar surface area (TPSA) is 73.9 Å². The lowest BCUT2D eigenvalue weighted by Gasteiger charge is -2.18. The van der Waals surface area contributed by atoms with Crippen molar-refractivity contribution in [2.24, 2.45) is 0 Å². The maximum atomic E-state index is 12.4. The Balaban J connectivity index is 1.56. The summed E-state index contributed by atoms with van der Waals surface area (Å²) in [4.78, 5) is 26.5. The highest BCUT2D eigenvalue weighted by Crippen LogP contribution is 2.30. The van der Waals surface area contributed by atoms with Gasteiger partial charge in [-0.25, -0.2) is 4.79 Å². The third kappa shape index (κ3) is 5.29. The molecule has 1 N–H and O–H groups in total. The van der Waals surface area contributed by atoms with E-state index in [0.717, 1.165) is 31.2 Å². The minimum Gasteiger partial charge on any atom is -0.497 e. The van der Waals surface area contributed by atoms with Gasteiger partial charge in [0.05, 0.1) is 20.3 Å². The van der Waals surface area contributed by atoms with E-state index in [2.05, 4.69) is 5.32 Å². The number of thiophene rings is 1. The maximum Gasteiger partial charge on any atom is 0.348 e. The van der Waals surface area contributed by atoms with E-state index in [4.69, 9.17) is 14.2 Å². The number of benzene rings is 1. The first-order valence-corrected chi connectivity index (χ1v) is 10.6. The summed E-state index contributed by atoms with van der Waals surface area (Å²) in [6, 6.07) is 6.99. The summed E-state index contributed by atoms with van der Waals surface area (Å²) in [7, 11) is 3.16. The monoisotopic (exact) mass is 417 g/mol. The van der Waals surface area contributed by atoms with Crippen LogP contribution in [-0.4, -0.2) is 32.7 Å². The normalized spacial score (nSPS) is 14.3. The molecule has 0 saturated carbocycles. The Morgan fingerprint density at radius 1 is 1.10 bits per heavy atom. The predicted octanol–water partition coefficient (Wildman–Crippen LogP) is 4.07. The standard InChI is InChI=1S/C22H27NO5S/c1-14(17-12-16(26-2)9-10-18(17)27-3)23-21(24)13-28-22(25)20-11-15-7-5-4-6-8-19(15)29-20/h9-12,14H,4-8,13H2,1-3H3,(H,23,24)/t14-/m1/s1. The highest BCUT2D eigenvalue weighted by molar-refractivity contribution is 7.14. The second-order valence-electron chi connectivity index (χ2n) is 7.09. The molecule has 1 heterocycles. The number of hydrogen-bond acceptors (Lipinski definition) is 6. The zero-order chi connectivity index (χ0) is 20.8. The number of methoxy groups -OCH3 is 2. The summed E-state index contributed by atoms with van der Waals surface area (Å²) in [5, 5.41) is 2.84. The van der Waals surface area contributed by atoms with Crippen LogP contribution in [0.2, 0.25) is 0 Å². The van der Waals surface area contributed by atoms with Gasteiger partial charge in [-0.05, 0) is 62.4 Å². The zero-order valence-corrected chi connectivity index (χ0v) is 17.9. The number of carbonyl (C=O) groups excluding carboxylic acids is 2. The molecule has 1 aliphatic rings. The van der Waals surface area contributed by atoms with Crippen LogP contribution in [0.5, 0.6) is 11.5 Å². The predicted molar refractivity (Wildman–Crippen MR) is 112 cm³/mol. The third-order valence-corrected chi connectivity index (χ3v) is 6.28. The van der Waals surface area contributed by atoms with Crippen molar-refractivity contribution in [3.63, 3.8) is 0 Å². The second-order valence-corrected chi connectivity index (χ2v) is 8.23. The van der Waals surface area contributed by atoms with E-state index in [1.54, 1.807) is 26.4 Å². The molecular formula is C22H27NO5S. The smallest absolute Gasteiger partial charge is 0.348 e. The molecular weight excluding hydrogens is 390 g/mol. The van der Waals surface area contributed by atoms with Gasteiger partial charge in [0.25, 0.3) is 5.91 Å². The van der Waals surface area contributed by atoms with Crippen LogP contribution in [-0.2, 0) is 22.4 Å². The van der Waals surface area contributed by atoms with Crippen molar-refractivity contribution in [2.75, 3.05) is 20.8 Å². The van der Waals surface area contributed by atoms with E-state index in [1.807, 2.05) is 19.1 Å². The minimum absolute atomic E-state index is 0.321. The summed E-state index contributed by atoms with van der Waals surface area (Å²) >= 11 is 1.49. The number of carbonyl (C=O) groups is 2. The Bertz CT molecular complexity index is 853. The Labute approximate surface area is 175 Å². The molecule has 1 amide bonds. The zero-order valence-electron chi connectivity index (χ0n) is 17.1. The van der Waals surface area contributed by atoms with Crippen LogP contribution >= 0.6 is 11.3 Å². The van der Waals surface area contributed by atoms with Gasteiger partial charge in [0.1, 0.15) is 16.4 Å². The molecule has 0 bridgehead atoms. The molecule has 3 rings (SSSR count). The van der Waals surface area contributed by atoms with E-state index >= 15 is 0 Å². The molecule has 1 atom stereocenters. The summed E-state index contributed by atoms with van der Waals surface area (Å²) in [5.74, 6) is 0.514. The first-order chi connectivity index (χ1) is 14.0. The second kappa shape index (κ2) is 9.78. The number of fused-ring (bicyclic) bond motifs is 1. The first kappa shape index (κ1) is 21.2. The number of rotatable bonds is 7. The molecule has 0 unspecified atom stereocenters. The van der Waals surface area contributed by atoms with Gasteiger partial charge < -0.3 is 19.5 Å². The molecule has 6 nitrogen and oxygen atoms in total. The summed E-state index contributed by atoms with van der Waals surface area (Å²) in [6.45, 7) is 1.52. The van der Waals surface area contributed by atoms with Crippen LogP contribution in [0.4, 0.5) is 0 Å². The van der Waals surface area contributed by atoms with Crippen LogP contribution in [0.15, 0.2) is 24.3 Å². The fourth-order valence-corrected chi connectivity index (χ4v) is 4.66. The van der Waals surface area contributed by atoms with Gasteiger partial charge in [-0.15, -0.1) is 11.3 Å². The number of nitrogens with one attached hydrogen (secondary N) is 1. The van der Waals surface area contributed by atoms with Gasteiger partial charge >= 0.3 is 5.97 Å². The lowest BCUT2D eigenvalue weighted by Crippen LogP contribution is -2.31. The number of aryl methyl sites for hydroxylation is 2. The number of esters is 1. The number of amides is 1. The van der Waals surface area contributed by atoms with E-state index < -0.39 is 5.97 Å². The van der Waals surface area contributed by atoms with Crippen molar-refractivity contribution in [1.29, 1.82) is 0 Å². The number of hydrogen-bond donors (Lipinski definition) is 1. The average molecular weight is 418 g/mol. The summed E-state index contributed by atoms with van der Waals surface area (Å²) < 4.78 is 15.8. The van der Waals surface area contributed by atoms with Crippen molar-refractivity contribution in [3.8, 4) is 11.5 Å². The Morgan fingerprint density at radius 2 is 1.90 bits per heavy atom. The SMILES string of the molecule is COc1ccc(OC)c([C@@H](C)NC(=O)COC(=O)c2cc3c(s2)CCCCC3)c1. The third-order valence-electron chi connectivity index (χ3n) is 5.06. The molecule has 0 aliphatic heterocycles. The first-order valence-electron chi connectivity index (χ1n) is 9.81. The highest BCUT2D eigenvalue weighted by Gasteiger charge is 2.20. The van der Waals surface area contributed by atoms with Gasteiger partial charge in [-0.3, -0.25) is 4.79 Å². The molecule has 7 heteroatoms. The Morgan fingerprint density at radius 3 is 2.66 bits per heavy atom. The summed E-state index contributed by atoms with van der Waals surface area (Å²) in [5.41, 5.74) is 2.04. The summed E-state index contributed by atoms with van der Waals surface area (Å²) in [6.07, 6.45) is 5.59.